The minimum atomic E-state index is -0.184. The molecule has 0 aliphatic heterocycles. The molecule has 2 atom stereocenters. The summed E-state index contributed by atoms with van der Waals surface area (Å²) in [6.45, 7) is 2.14. The molecule has 2 rings (SSSR count). The Morgan fingerprint density at radius 3 is 2.63 bits per heavy atom. The molecule has 1 aliphatic carbocycles. The highest BCUT2D eigenvalue weighted by atomic mass is 79.9. The van der Waals surface area contributed by atoms with Gasteiger partial charge in [-0.3, -0.25) is 9.59 Å². The highest BCUT2D eigenvalue weighted by molar-refractivity contribution is 9.10. The molecule has 19 heavy (non-hydrogen) atoms. The predicted molar refractivity (Wildman–Crippen MR) is 77.7 cm³/mol. The zero-order valence-corrected chi connectivity index (χ0v) is 12.6. The van der Waals surface area contributed by atoms with E-state index in [-0.39, 0.29) is 24.3 Å². The number of carbonyl (C=O) groups is 2. The molecule has 102 valence electrons. The van der Waals surface area contributed by atoms with E-state index >= 15 is 0 Å². The van der Waals surface area contributed by atoms with E-state index in [4.69, 9.17) is 0 Å². The Morgan fingerprint density at radius 2 is 2.05 bits per heavy atom. The zero-order chi connectivity index (χ0) is 14.0. The van der Waals surface area contributed by atoms with E-state index in [0.29, 0.717) is 11.6 Å². The number of amides is 2. The van der Waals surface area contributed by atoms with Crippen molar-refractivity contribution < 1.29 is 9.59 Å². The zero-order valence-electron chi connectivity index (χ0n) is 11.0. The highest BCUT2D eigenvalue weighted by Crippen LogP contribution is 2.38. The Hall–Kier alpha value is -1.36. The van der Waals surface area contributed by atoms with Crippen molar-refractivity contribution in [3.8, 4) is 0 Å². The van der Waals surface area contributed by atoms with E-state index in [2.05, 4.69) is 28.2 Å². The smallest absolute Gasteiger partial charge is 0.244 e. The quantitative estimate of drug-likeness (QED) is 0.925. The van der Waals surface area contributed by atoms with Gasteiger partial charge in [-0.1, -0.05) is 19.1 Å². The minimum absolute atomic E-state index is 0.0646. The summed E-state index contributed by atoms with van der Waals surface area (Å²) in [4.78, 5) is 25.3. The molecule has 1 N–H and O–H groups in total. The summed E-state index contributed by atoms with van der Waals surface area (Å²) in [5.74, 6) is 0.452. The molecule has 0 spiro atoms. The molecule has 5 heteroatoms. The van der Waals surface area contributed by atoms with Crippen molar-refractivity contribution in [3.63, 3.8) is 0 Å². The van der Waals surface area contributed by atoms with Crippen molar-refractivity contribution >= 4 is 33.4 Å². The topological polar surface area (TPSA) is 49.4 Å². The Labute approximate surface area is 121 Å². The fraction of sp³-hybridized carbons (Fsp3) is 0.429. The molecule has 0 unspecified atom stereocenters. The number of para-hydroxylation sites is 1. The lowest BCUT2D eigenvalue weighted by molar-refractivity contribution is -0.134. The lowest BCUT2D eigenvalue weighted by atomic mass is 10.3. The van der Waals surface area contributed by atoms with Crippen molar-refractivity contribution in [1.82, 2.24) is 4.90 Å². The maximum Gasteiger partial charge on any atom is 0.244 e. The van der Waals surface area contributed by atoms with Crippen LogP contribution in [0.5, 0.6) is 0 Å². The summed E-state index contributed by atoms with van der Waals surface area (Å²) >= 11 is 3.37. The van der Waals surface area contributed by atoms with Gasteiger partial charge in [0.1, 0.15) is 0 Å². The standard InChI is InChI=1S/C14H17BrN2O2/c1-9-7-10(9)14(19)17(2)8-13(18)16-12-6-4-3-5-11(12)15/h3-6,9-10H,7-8H2,1-2H3,(H,16,18)/t9-,10+/m0/s1. The molecule has 1 aliphatic rings. The van der Waals surface area contributed by atoms with Crippen LogP contribution >= 0.6 is 15.9 Å². The summed E-state index contributed by atoms with van der Waals surface area (Å²) < 4.78 is 0.827. The Morgan fingerprint density at radius 1 is 1.42 bits per heavy atom. The number of nitrogens with one attached hydrogen (secondary N) is 1. The lowest BCUT2D eigenvalue weighted by Gasteiger charge is -2.17. The van der Waals surface area contributed by atoms with E-state index in [1.54, 1.807) is 7.05 Å². The number of likely N-dealkylation sites (N-methyl/N-ethyl adjacent to an activating group) is 1. The van der Waals surface area contributed by atoms with Crippen LogP contribution < -0.4 is 5.32 Å². The molecule has 0 heterocycles. The van der Waals surface area contributed by atoms with Crippen LogP contribution in [0.4, 0.5) is 5.69 Å². The molecular formula is C14H17BrN2O2. The highest BCUT2D eigenvalue weighted by Gasteiger charge is 2.40. The second kappa shape index (κ2) is 5.74. The van der Waals surface area contributed by atoms with Gasteiger partial charge in [-0.05, 0) is 40.4 Å². The van der Waals surface area contributed by atoms with Crippen molar-refractivity contribution in [2.45, 2.75) is 13.3 Å². The van der Waals surface area contributed by atoms with E-state index in [1.807, 2.05) is 24.3 Å². The van der Waals surface area contributed by atoms with Gasteiger partial charge >= 0.3 is 0 Å². The third-order valence-corrected chi connectivity index (χ3v) is 4.02. The van der Waals surface area contributed by atoms with Gasteiger partial charge in [0.25, 0.3) is 0 Å². The van der Waals surface area contributed by atoms with Gasteiger partial charge in [0.15, 0.2) is 0 Å². The molecule has 1 saturated carbocycles. The van der Waals surface area contributed by atoms with Crippen molar-refractivity contribution in [3.05, 3.63) is 28.7 Å². The molecular weight excluding hydrogens is 308 g/mol. The first kappa shape index (κ1) is 14.1. The summed E-state index contributed by atoms with van der Waals surface area (Å²) in [6.07, 6.45) is 0.940. The molecule has 2 amide bonds. The largest absolute Gasteiger partial charge is 0.336 e. The van der Waals surface area contributed by atoms with Crippen molar-refractivity contribution in [2.24, 2.45) is 11.8 Å². The normalized spacial score (nSPS) is 20.8. The summed E-state index contributed by atoms with van der Waals surface area (Å²) in [5, 5.41) is 2.79. The molecule has 0 aromatic heterocycles. The maximum atomic E-state index is 11.9. The summed E-state index contributed by atoms with van der Waals surface area (Å²) in [5.41, 5.74) is 0.716. The SMILES string of the molecule is C[C@H]1C[C@H]1C(=O)N(C)CC(=O)Nc1ccccc1Br. The Bertz CT molecular complexity index is 504. The van der Waals surface area contributed by atoms with Crippen LogP contribution in [0.2, 0.25) is 0 Å². The Balaban J connectivity index is 1.87. The van der Waals surface area contributed by atoms with Gasteiger partial charge in [0.05, 0.1) is 12.2 Å². The van der Waals surface area contributed by atoms with Crippen LogP contribution in [-0.2, 0) is 9.59 Å². The van der Waals surface area contributed by atoms with Crippen LogP contribution in [0.3, 0.4) is 0 Å². The number of benzene rings is 1. The van der Waals surface area contributed by atoms with Crippen LogP contribution in [0.25, 0.3) is 0 Å². The molecule has 1 aromatic carbocycles. The van der Waals surface area contributed by atoms with Gasteiger partial charge in [-0.25, -0.2) is 0 Å². The fourth-order valence-electron chi connectivity index (χ4n) is 1.99. The minimum Gasteiger partial charge on any atom is -0.336 e. The Kier molecular flexibility index (Phi) is 4.24. The average Bonchev–Trinajstić information content (AvgIpc) is 3.08. The molecule has 0 bridgehead atoms. The number of hydrogen-bond acceptors (Lipinski definition) is 2. The van der Waals surface area contributed by atoms with E-state index in [0.717, 1.165) is 10.9 Å². The molecule has 4 nitrogen and oxygen atoms in total. The first-order valence-corrected chi connectivity index (χ1v) is 7.07. The van der Waals surface area contributed by atoms with E-state index in [1.165, 1.54) is 4.90 Å². The molecule has 1 fully saturated rings. The number of carbonyl (C=O) groups excluding carboxylic acids is 2. The monoisotopic (exact) mass is 324 g/mol. The van der Waals surface area contributed by atoms with Crippen LogP contribution in [-0.4, -0.2) is 30.3 Å². The number of rotatable bonds is 4. The third kappa shape index (κ3) is 3.56. The summed E-state index contributed by atoms with van der Waals surface area (Å²) in [7, 11) is 1.67. The van der Waals surface area contributed by atoms with Crippen molar-refractivity contribution in [2.75, 3.05) is 18.9 Å². The van der Waals surface area contributed by atoms with Gasteiger partial charge in [0, 0.05) is 17.4 Å². The fourth-order valence-corrected chi connectivity index (χ4v) is 2.38. The van der Waals surface area contributed by atoms with Crippen LogP contribution in [0.15, 0.2) is 28.7 Å². The lowest BCUT2D eigenvalue weighted by Crippen LogP contribution is -2.36. The molecule has 0 saturated heterocycles. The second-order valence-electron chi connectivity index (χ2n) is 5.04. The predicted octanol–water partition coefficient (Wildman–Crippen LogP) is 2.50. The first-order valence-electron chi connectivity index (χ1n) is 6.28. The number of hydrogen-bond donors (Lipinski definition) is 1. The molecule has 0 radical (unpaired) electrons. The van der Waals surface area contributed by atoms with Crippen LogP contribution in [0, 0.1) is 11.8 Å². The number of halogens is 1. The second-order valence-corrected chi connectivity index (χ2v) is 5.90. The van der Waals surface area contributed by atoms with Crippen LogP contribution in [0.1, 0.15) is 13.3 Å². The third-order valence-electron chi connectivity index (χ3n) is 3.33. The van der Waals surface area contributed by atoms with Gasteiger partial charge in [-0.2, -0.15) is 0 Å². The number of anilines is 1. The van der Waals surface area contributed by atoms with E-state index < -0.39 is 0 Å². The van der Waals surface area contributed by atoms with E-state index in [9.17, 15) is 9.59 Å². The first-order chi connectivity index (χ1) is 8.99. The molecule has 1 aromatic rings. The van der Waals surface area contributed by atoms with Crippen molar-refractivity contribution in [1.29, 1.82) is 0 Å². The van der Waals surface area contributed by atoms with Gasteiger partial charge in [0.2, 0.25) is 11.8 Å². The van der Waals surface area contributed by atoms with Gasteiger partial charge < -0.3 is 10.2 Å². The average molecular weight is 325 g/mol. The van der Waals surface area contributed by atoms with Gasteiger partial charge in [-0.15, -0.1) is 0 Å². The summed E-state index contributed by atoms with van der Waals surface area (Å²) in [6, 6.07) is 7.40. The maximum absolute atomic E-state index is 11.9. The number of nitrogens with zero attached hydrogens (tertiary/aromatic N) is 1.